The lowest BCUT2D eigenvalue weighted by Crippen LogP contribution is -2.40. The van der Waals surface area contributed by atoms with Crippen molar-refractivity contribution in [3.8, 4) is 0 Å². The normalized spacial score (nSPS) is 31.8. The molecule has 1 aliphatic carbocycles. The maximum atomic E-state index is 11.9. The quantitative estimate of drug-likeness (QED) is 0.584. The second-order valence-electron chi connectivity index (χ2n) is 6.29. The second kappa shape index (κ2) is 7.23. The summed E-state index contributed by atoms with van der Waals surface area (Å²) in [5.41, 5.74) is 1.46. The molecule has 0 N–H and O–H groups in total. The van der Waals surface area contributed by atoms with Crippen molar-refractivity contribution in [2.75, 3.05) is 39.5 Å². The van der Waals surface area contributed by atoms with Gasteiger partial charge in [0, 0.05) is 19.0 Å². The largest absolute Gasteiger partial charge is 0.464 e. The summed E-state index contributed by atoms with van der Waals surface area (Å²) >= 11 is 0. The number of carbonyl (C=O) groups is 1. The lowest BCUT2D eigenvalue weighted by Gasteiger charge is -2.33. The molecule has 1 heterocycles. The molecule has 4 nitrogen and oxygen atoms in total. The fourth-order valence-corrected chi connectivity index (χ4v) is 3.31. The van der Waals surface area contributed by atoms with E-state index < -0.39 is 0 Å². The number of esters is 1. The Labute approximate surface area is 122 Å². The molecule has 4 heteroatoms. The molecule has 3 unspecified atom stereocenters. The fourth-order valence-electron chi connectivity index (χ4n) is 3.31. The van der Waals surface area contributed by atoms with Crippen molar-refractivity contribution in [1.82, 2.24) is 4.90 Å². The van der Waals surface area contributed by atoms with Crippen molar-refractivity contribution in [2.45, 2.75) is 27.2 Å². The van der Waals surface area contributed by atoms with E-state index in [0.29, 0.717) is 44.1 Å². The maximum Gasteiger partial charge on any atom is 0.320 e. The number of ether oxygens (including phenoxy) is 2. The zero-order chi connectivity index (χ0) is 14.5. The van der Waals surface area contributed by atoms with E-state index in [1.807, 2.05) is 0 Å². The number of rotatable bonds is 4. The van der Waals surface area contributed by atoms with E-state index in [9.17, 15) is 4.79 Å². The van der Waals surface area contributed by atoms with Crippen molar-refractivity contribution in [1.29, 1.82) is 0 Å². The number of morpholine rings is 1. The Bertz CT molecular complexity index is 361. The summed E-state index contributed by atoms with van der Waals surface area (Å²) in [5, 5.41) is 0. The molecule has 0 amide bonds. The fraction of sp³-hybridized carbons (Fsp3) is 0.812. The van der Waals surface area contributed by atoms with E-state index >= 15 is 0 Å². The van der Waals surface area contributed by atoms with Gasteiger partial charge >= 0.3 is 5.97 Å². The minimum atomic E-state index is -0.0995. The van der Waals surface area contributed by atoms with Gasteiger partial charge in [-0.1, -0.05) is 25.5 Å². The molecule has 0 spiro atoms. The van der Waals surface area contributed by atoms with Crippen LogP contribution in [0.4, 0.5) is 0 Å². The van der Waals surface area contributed by atoms with Crippen LogP contribution in [0.2, 0.25) is 0 Å². The van der Waals surface area contributed by atoms with E-state index in [1.54, 1.807) is 0 Å². The van der Waals surface area contributed by atoms with Crippen molar-refractivity contribution in [3.05, 3.63) is 11.6 Å². The van der Waals surface area contributed by atoms with Crippen LogP contribution in [0, 0.1) is 17.8 Å². The highest BCUT2D eigenvalue weighted by Gasteiger charge is 2.28. The molecule has 0 radical (unpaired) electrons. The number of carbonyl (C=O) groups excluding carboxylic acids is 1. The average Bonchev–Trinajstić information content (AvgIpc) is 2.38. The molecule has 2 rings (SSSR count). The van der Waals surface area contributed by atoms with Gasteiger partial charge in [0.15, 0.2) is 0 Å². The van der Waals surface area contributed by atoms with Gasteiger partial charge in [0.1, 0.15) is 0 Å². The molecule has 0 saturated carbocycles. The predicted molar refractivity (Wildman–Crippen MR) is 78.4 cm³/mol. The number of allylic oxidation sites excluding steroid dienone is 2. The van der Waals surface area contributed by atoms with E-state index in [-0.39, 0.29) is 5.97 Å². The van der Waals surface area contributed by atoms with Crippen LogP contribution in [0.25, 0.3) is 0 Å². The lowest BCUT2D eigenvalue weighted by atomic mass is 9.75. The van der Waals surface area contributed by atoms with Gasteiger partial charge in [-0.25, -0.2) is 0 Å². The van der Waals surface area contributed by atoms with Gasteiger partial charge < -0.3 is 9.47 Å². The summed E-state index contributed by atoms with van der Waals surface area (Å²) in [4.78, 5) is 14.0. The first kappa shape index (κ1) is 15.5. The molecule has 0 bridgehead atoms. The van der Waals surface area contributed by atoms with Gasteiger partial charge in [0.2, 0.25) is 0 Å². The molecule has 20 heavy (non-hydrogen) atoms. The molecular weight excluding hydrogens is 254 g/mol. The van der Waals surface area contributed by atoms with Crippen LogP contribution in [0.15, 0.2) is 11.6 Å². The molecule has 0 aromatic heterocycles. The Kier molecular flexibility index (Phi) is 5.61. The van der Waals surface area contributed by atoms with Crippen LogP contribution in [-0.4, -0.2) is 50.3 Å². The topological polar surface area (TPSA) is 38.8 Å². The summed E-state index contributed by atoms with van der Waals surface area (Å²) in [6.07, 6.45) is 3.44. The average molecular weight is 281 g/mol. The standard InChI is InChI=1S/C16H27NO3/c1-12-8-13(2)15(14(3)9-12)11-20-16(18)10-17-4-6-19-7-5-17/h8,13-15H,4-7,9-11H2,1-3H3. The summed E-state index contributed by atoms with van der Waals surface area (Å²) in [6, 6.07) is 0. The van der Waals surface area contributed by atoms with E-state index in [2.05, 4.69) is 31.7 Å². The van der Waals surface area contributed by atoms with E-state index in [4.69, 9.17) is 9.47 Å². The van der Waals surface area contributed by atoms with Crippen LogP contribution in [0.1, 0.15) is 27.2 Å². The summed E-state index contributed by atoms with van der Waals surface area (Å²) in [5.74, 6) is 1.44. The minimum absolute atomic E-state index is 0.0995. The molecule has 114 valence electrons. The Morgan fingerprint density at radius 1 is 1.40 bits per heavy atom. The van der Waals surface area contributed by atoms with Gasteiger partial charge in [-0.15, -0.1) is 0 Å². The molecule has 0 aromatic carbocycles. The van der Waals surface area contributed by atoms with Gasteiger partial charge in [0.05, 0.1) is 26.4 Å². The zero-order valence-corrected chi connectivity index (χ0v) is 12.9. The molecule has 0 aromatic rings. The monoisotopic (exact) mass is 281 g/mol. The number of nitrogens with zero attached hydrogens (tertiary/aromatic N) is 1. The lowest BCUT2D eigenvalue weighted by molar-refractivity contribution is -0.148. The van der Waals surface area contributed by atoms with Gasteiger partial charge in [0.25, 0.3) is 0 Å². The second-order valence-corrected chi connectivity index (χ2v) is 6.29. The SMILES string of the molecule is CC1=CC(C)C(COC(=O)CN2CCOCC2)C(C)C1. The van der Waals surface area contributed by atoms with Gasteiger partial charge in [-0.3, -0.25) is 9.69 Å². The van der Waals surface area contributed by atoms with E-state index in [1.165, 1.54) is 5.57 Å². The smallest absolute Gasteiger partial charge is 0.320 e. The Morgan fingerprint density at radius 3 is 2.75 bits per heavy atom. The van der Waals surface area contributed by atoms with Gasteiger partial charge in [-0.05, 0) is 25.2 Å². The predicted octanol–water partition coefficient (Wildman–Crippen LogP) is 2.10. The first-order valence-electron chi connectivity index (χ1n) is 7.69. The van der Waals surface area contributed by atoms with Crippen molar-refractivity contribution >= 4 is 5.97 Å². The van der Waals surface area contributed by atoms with Crippen LogP contribution >= 0.6 is 0 Å². The summed E-state index contributed by atoms with van der Waals surface area (Å²) < 4.78 is 10.8. The molecule has 1 aliphatic heterocycles. The van der Waals surface area contributed by atoms with Crippen LogP contribution in [0.5, 0.6) is 0 Å². The van der Waals surface area contributed by atoms with Crippen LogP contribution in [-0.2, 0) is 14.3 Å². The minimum Gasteiger partial charge on any atom is -0.464 e. The number of hydrogen-bond acceptors (Lipinski definition) is 4. The third-order valence-corrected chi connectivity index (χ3v) is 4.49. The summed E-state index contributed by atoms with van der Waals surface area (Å²) in [7, 11) is 0. The van der Waals surface area contributed by atoms with Crippen molar-refractivity contribution in [3.63, 3.8) is 0 Å². The zero-order valence-electron chi connectivity index (χ0n) is 12.9. The number of hydrogen-bond donors (Lipinski definition) is 0. The third kappa shape index (κ3) is 4.32. The van der Waals surface area contributed by atoms with Crippen molar-refractivity contribution in [2.24, 2.45) is 17.8 Å². The molecule has 3 atom stereocenters. The first-order chi connectivity index (χ1) is 9.56. The Morgan fingerprint density at radius 2 is 2.10 bits per heavy atom. The summed E-state index contributed by atoms with van der Waals surface area (Å²) in [6.45, 7) is 10.7. The maximum absolute atomic E-state index is 11.9. The van der Waals surface area contributed by atoms with E-state index in [0.717, 1.165) is 19.5 Å². The molecule has 1 saturated heterocycles. The molecule has 2 aliphatic rings. The highest BCUT2D eigenvalue weighted by atomic mass is 16.5. The Hall–Kier alpha value is -0.870. The Balaban J connectivity index is 1.75. The first-order valence-corrected chi connectivity index (χ1v) is 7.69. The highest BCUT2D eigenvalue weighted by molar-refractivity contribution is 5.71. The molecular formula is C16H27NO3. The van der Waals surface area contributed by atoms with Crippen LogP contribution < -0.4 is 0 Å². The van der Waals surface area contributed by atoms with Gasteiger partial charge in [-0.2, -0.15) is 0 Å². The van der Waals surface area contributed by atoms with Crippen molar-refractivity contribution < 1.29 is 14.3 Å². The third-order valence-electron chi connectivity index (χ3n) is 4.49. The molecule has 1 fully saturated rings. The highest BCUT2D eigenvalue weighted by Crippen LogP contribution is 2.33. The van der Waals surface area contributed by atoms with Crippen LogP contribution in [0.3, 0.4) is 0 Å².